The van der Waals surface area contributed by atoms with Gasteiger partial charge in [0.2, 0.25) is 0 Å². The predicted molar refractivity (Wildman–Crippen MR) is 81.3 cm³/mol. The molecular weight excluding hydrogens is 254 g/mol. The van der Waals surface area contributed by atoms with E-state index in [1.807, 2.05) is 4.68 Å². The van der Waals surface area contributed by atoms with Gasteiger partial charge in [-0.3, -0.25) is 4.68 Å². The van der Waals surface area contributed by atoms with E-state index in [4.69, 9.17) is 9.47 Å². The van der Waals surface area contributed by atoms with Crippen LogP contribution in [0.2, 0.25) is 0 Å². The first-order chi connectivity index (χ1) is 9.65. The summed E-state index contributed by atoms with van der Waals surface area (Å²) >= 11 is 0. The normalized spacial score (nSPS) is 12.9. The number of nitrogens with zero attached hydrogens (tertiary/aromatic N) is 2. The van der Waals surface area contributed by atoms with Crippen molar-refractivity contribution in [1.29, 1.82) is 0 Å². The van der Waals surface area contributed by atoms with Gasteiger partial charge in [0.05, 0.1) is 25.0 Å². The Kier molecular flexibility index (Phi) is 7.62. The highest BCUT2D eigenvalue weighted by atomic mass is 16.5. The molecule has 0 saturated carbocycles. The van der Waals surface area contributed by atoms with Crippen molar-refractivity contribution < 1.29 is 9.47 Å². The molecule has 0 radical (unpaired) electrons. The third-order valence-electron chi connectivity index (χ3n) is 3.19. The summed E-state index contributed by atoms with van der Waals surface area (Å²) in [5.41, 5.74) is 1.12. The molecule has 1 heterocycles. The van der Waals surface area contributed by atoms with Gasteiger partial charge in [-0.2, -0.15) is 5.10 Å². The first-order valence-corrected chi connectivity index (χ1v) is 7.58. The van der Waals surface area contributed by atoms with Crippen LogP contribution in [0, 0.1) is 0 Å². The standard InChI is InChI=1S/C15H29N3O2/c1-6-9-20-10-8-13(16-7-2)15-14(19-5)11-17-18(15)12(3)4/h11-13,16H,6-10H2,1-5H3. The van der Waals surface area contributed by atoms with E-state index in [1.54, 1.807) is 13.3 Å². The molecule has 1 N–H and O–H groups in total. The average Bonchev–Trinajstić information content (AvgIpc) is 2.86. The quantitative estimate of drug-likeness (QED) is 0.671. The van der Waals surface area contributed by atoms with E-state index in [9.17, 15) is 0 Å². The molecule has 0 fully saturated rings. The first-order valence-electron chi connectivity index (χ1n) is 7.58. The molecule has 1 aromatic rings. The average molecular weight is 283 g/mol. The number of hydrogen-bond acceptors (Lipinski definition) is 4. The van der Waals surface area contributed by atoms with Crippen molar-refractivity contribution in [2.24, 2.45) is 0 Å². The van der Waals surface area contributed by atoms with Crippen molar-refractivity contribution in [2.75, 3.05) is 26.9 Å². The smallest absolute Gasteiger partial charge is 0.161 e. The van der Waals surface area contributed by atoms with Gasteiger partial charge >= 0.3 is 0 Å². The Hall–Kier alpha value is -1.07. The zero-order valence-corrected chi connectivity index (χ0v) is 13.5. The van der Waals surface area contributed by atoms with Crippen LogP contribution in [0.1, 0.15) is 58.3 Å². The molecule has 0 saturated heterocycles. The molecular formula is C15H29N3O2. The summed E-state index contributed by atoms with van der Waals surface area (Å²) in [6.07, 6.45) is 3.77. The largest absolute Gasteiger partial charge is 0.493 e. The van der Waals surface area contributed by atoms with Crippen LogP contribution in [0.4, 0.5) is 0 Å². The van der Waals surface area contributed by atoms with Crippen LogP contribution in [0.5, 0.6) is 5.75 Å². The molecule has 0 amide bonds. The third-order valence-corrected chi connectivity index (χ3v) is 3.19. The maximum absolute atomic E-state index is 5.62. The Morgan fingerprint density at radius 1 is 1.30 bits per heavy atom. The number of methoxy groups -OCH3 is 1. The lowest BCUT2D eigenvalue weighted by molar-refractivity contribution is 0.123. The molecule has 1 aromatic heterocycles. The molecule has 1 rings (SSSR count). The lowest BCUT2D eigenvalue weighted by atomic mass is 10.1. The molecule has 1 unspecified atom stereocenters. The lowest BCUT2D eigenvalue weighted by Crippen LogP contribution is -2.26. The molecule has 0 aromatic carbocycles. The van der Waals surface area contributed by atoms with Crippen LogP contribution in [-0.4, -0.2) is 36.6 Å². The van der Waals surface area contributed by atoms with Crippen LogP contribution >= 0.6 is 0 Å². The van der Waals surface area contributed by atoms with Gasteiger partial charge in [-0.25, -0.2) is 0 Å². The van der Waals surface area contributed by atoms with Crippen molar-refractivity contribution in [3.63, 3.8) is 0 Å². The van der Waals surface area contributed by atoms with Crippen LogP contribution in [0.25, 0.3) is 0 Å². The molecule has 20 heavy (non-hydrogen) atoms. The number of ether oxygens (including phenoxy) is 2. The van der Waals surface area contributed by atoms with Gasteiger partial charge in [0.15, 0.2) is 5.75 Å². The van der Waals surface area contributed by atoms with Crippen LogP contribution in [0.3, 0.4) is 0 Å². The summed E-state index contributed by atoms with van der Waals surface area (Å²) in [6.45, 7) is 11.0. The van der Waals surface area contributed by atoms with E-state index in [2.05, 4.69) is 38.1 Å². The Bertz CT molecular complexity index is 377. The Labute approximate surface area is 122 Å². The van der Waals surface area contributed by atoms with Crippen molar-refractivity contribution >= 4 is 0 Å². The second kappa shape index (κ2) is 8.97. The van der Waals surface area contributed by atoms with Gasteiger partial charge in [0, 0.05) is 19.3 Å². The fraction of sp³-hybridized carbons (Fsp3) is 0.800. The minimum absolute atomic E-state index is 0.205. The molecule has 0 aliphatic heterocycles. The monoisotopic (exact) mass is 283 g/mol. The van der Waals surface area contributed by atoms with Crippen LogP contribution in [0.15, 0.2) is 6.20 Å². The van der Waals surface area contributed by atoms with E-state index in [0.29, 0.717) is 6.04 Å². The predicted octanol–water partition coefficient (Wildman–Crippen LogP) is 2.94. The number of hydrogen-bond donors (Lipinski definition) is 1. The molecule has 0 spiro atoms. The van der Waals surface area contributed by atoms with E-state index >= 15 is 0 Å². The van der Waals surface area contributed by atoms with Gasteiger partial charge in [-0.05, 0) is 33.2 Å². The molecule has 1 atom stereocenters. The van der Waals surface area contributed by atoms with Crippen molar-refractivity contribution in [2.45, 2.75) is 52.6 Å². The second-order valence-corrected chi connectivity index (χ2v) is 5.15. The van der Waals surface area contributed by atoms with E-state index < -0.39 is 0 Å². The van der Waals surface area contributed by atoms with Crippen LogP contribution in [-0.2, 0) is 4.74 Å². The lowest BCUT2D eigenvalue weighted by Gasteiger charge is -2.22. The van der Waals surface area contributed by atoms with Gasteiger partial charge in [-0.15, -0.1) is 0 Å². The highest BCUT2D eigenvalue weighted by Crippen LogP contribution is 2.29. The SMILES string of the molecule is CCCOCCC(NCC)c1c(OC)cnn1C(C)C. The Morgan fingerprint density at radius 2 is 2.05 bits per heavy atom. The number of rotatable bonds is 10. The van der Waals surface area contributed by atoms with Crippen molar-refractivity contribution in [1.82, 2.24) is 15.1 Å². The number of nitrogens with one attached hydrogen (secondary N) is 1. The zero-order valence-electron chi connectivity index (χ0n) is 13.5. The summed E-state index contributed by atoms with van der Waals surface area (Å²) in [6, 6.07) is 0.517. The summed E-state index contributed by atoms with van der Waals surface area (Å²) in [4.78, 5) is 0. The van der Waals surface area contributed by atoms with Gasteiger partial charge in [0.25, 0.3) is 0 Å². The third kappa shape index (κ3) is 4.49. The second-order valence-electron chi connectivity index (χ2n) is 5.15. The first kappa shape index (κ1) is 17.0. The molecule has 5 nitrogen and oxygen atoms in total. The Morgan fingerprint density at radius 3 is 2.60 bits per heavy atom. The maximum Gasteiger partial charge on any atom is 0.161 e. The number of aromatic nitrogens is 2. The highest BCUT2D eigenvalue weighted by Gasteiger charge is 2.22. The summed E-state index contributed by atoms with van der Waals surface area (Å²) in [7, 11) is 1.70. The minimum atomic E-state index is 0.205. The fourth-order valence-electron chi connectivity index (χ4n) is 2.29. The van der Waals surface area contributed by atoms with Crippen molar-refractivity contribution in [3.8, 4) is 5.75 Å². The summed E-state index contributed by atoms with van der Waals surface area (Å²) < 4.78 is 13.1. The zero-order chi connectivity index (χ0) is 15.0. The maximum atomic E-state index is 5.62. The van der Waals surface area contributed by atoms with Crippen molar-refractivity contribution in [3.05, 3.63) is 11.9 Å². The fourth-order valence-corrected chi connectivity index (χ4v) is 2.29. The summed E-state index contributed by atoms with van der Waals surface area (Å²) in [5, 5.41) is 7.96. The molecule has 0 aliphatic rings. The molecule has 0 bridgehead atoms. The highest BCUT2D eigenvalue weighted by molar-refractivity contribution is 5.28. The van der Waals surface area contributed by atoms with E-state index in [0.717, 1.165) is 44.0 Å². The molecule has 116 valence electrons. The van der Waals surface area contributed by atoms with E-state index in [1.165, 1.54) is 0 Å². The van der Waals surface area contributed by atoms with Gasteiger partial charge in [0.1, 0.15) is 0 Å². The van der Waals surface area contributed by atoms with Gasteiger partial charge < -0.3 is 14.8 Å². The van der Waals surface area contributed by atoms with E-state index in [-0.39, 0.29) is 6.04 Å². The topological polar surface area (TPSA) is 48.3 Å². The minimum Gasteiger partial charge on any atom is -0.493 e. The Balaban J connectivity index is 2.85. The summed E-state index contributed by atoms with van der Waals surface area (Å²) in [5.74, 6) is 0.847. The molecule has 0 aliphatic carbocycles. The van der Waals surface area contributed by atoms with Crippen LogP contribution < -0.4 is 10.1 Å². The molecule has 5 heteroatoms. The van der Waals surface area contributed by atoms with Gasteiger partial charge in [-0.1, -0.05) is 13.8 Å².